The van der Waals surface area contributed by atoms with Crippen molar-refractivity contribution in [2.24, 2.45) is 0 Å². The Bertz CT molecular complexity index is 1040. The summed E-state index contributed by atoms with van der Waals surface area (Å²) in [7, 11) is 4.67. The lowest BCUT2D eigenvalue weighted by atomic mass is 10.0. The molecular formula is C20H21N3O5. The van der Waals surface area contributed by atoms with Gasteiger partial charge in [-0.25, -0.2) is 9.97 Å². The number of anilines is 1. The van der Waals surface area contributed by atoms with E-state index in [0.29, 0.717) is 42.4 Å². The van der Waals surface area contributed by atoms with Crippen molar-refractivity contribution in [3.63, 3.8) is 0 Å². The van der Waals surface area contributed by atoms with E-state index in [1.807, 2.05) is 24.3 Å². The zero-order chi connectivity index (χ0) is 19.7. The maximum atomic E-state index is 5.98. The number of hydrogen-bond acceptors (Lipinski definition) is 8. The number of fused-ring (bicyclic) bond motifs is 2. The van der Waals surface area contributed by atoms with Gasteiger partial charge in [-0.05, 0) is 23.8 Å². The van der Waals surface area contributed by atoms with Gasteiger partial charge >= 0.3 is 0 Å². The highest BCUT2D eigenvalue weighted by molar-refractivity contribution is 5.92. The lowest BCUT2D eigenvalue weighted by Crippen LogP contribution is -2.15. The Kier molecular flexibility index (Phi) is 4.68. The second-order valence-electron chi connectivity index (χ2n) is 6.22. The van der Waals surface area contributed by atoms with Gasteiger partial charge in [0.2, 0.25) is 11.7 Å². The molecule has 1 aliphatic heterocycles. The van der Waals surface area contributed by atoms with Crippen molar-refractivity contribution in [3.8, 4) is 28.7 Å². The number of ether oxygens (including phenoxy) is 5. The van der Waals surface area contributed by atoms with Gasteiger partial charge in [0.25, 0.3) is 0 Å². The zero-order valence-corrected chi connectivity index (χ0v) is 15.9. The lowest BCUT2D eigenvalue weighted by Gasteiger charge is -2.19. The molecule has 1 aliphatic rings. The SMILES string of the molecule is COc1cc2c(Cc3ccc4c(c3)OCCO4)nc(N)nc2c(OC)c1OC. The summed E-state index contributed by atoms with van der Waals surface area (Å²) in [5.41, 5.74) is 8.31. The van der Waals surface area contributed by atoms with Crippen LogP contribution in [0.3, 0.4) is 0 Å². The highest BCUT2D eigenvalue weighted by Crippen LogP contribution is 2.43. The molecule has 3 aromatic rings. The maximum absolute atomic E-state index is 5.98. The van der Waals surface area contributed by atoms with Gasteiger partial charge in [-0.1, -0.05) is 6.07 Å². The quantitative estimate of drug-likeness (QED) is 0.718. The second kappa shape index (κ2) is 7.30. The molecule has 0 atom stereocenters. The van der Waals surface area contributed by atoms with Gasteiger partial charge < -0.3 is 29.4 Å². The van der Waals surface area contributed by atoms with Crippen LogP contribution < -0.4 is 29.4 Å². The first-order chi connectivity index (χ1) is 13.6. The van der Waals surface area contributed by atoms with E-state index < -0.39 is 0 Å². The molecule has 146 valence electrons. The van der Waals surface area contributed by atoms with Crippen LogP contribution in [0.5, 0.6) is 28.7 Å². The molecule has 0 fully saturated rings. The van der Waals surface area contributed by atoms with Crippen molar-refractivity contribution < 1.29 is 23.7 Å². The largest absolute Gasteiger partial charge is 0.493 e. The molecule has 0 unspecified atom stereocenters. The first kappa shape index (κ1) is 18.0. The summed E-state index contributed by atoms with van der Waals surface area (Å²) in [5.74, 6) is 3.08. The summed E-state index contributed by atoms with van der Waals surface area (Å²) in [4.78, 5) is 8.82. The Labute approximate surface area is 162 Å². The van der Waals surface area contributed by atoms with Gasteiger partial charge in [-0.3, -0.25) is 0 Å². The lowest BCUT2D eigenvalue weighted by molar-refractivity contribution is 0.171. The number of benzene rings is 2. The van der Waals surface area contributed by atoms with E-state index in [-0.39, 0.29) is 5.95 Å². The van der Waals surface area contributed by atoms with E-state index in [0.717, 1.165) is 28.1 Å². The van der Waals surface area contributed by atoms with Crippen LogP contribution >= 0.6 is 0 Å². The summed E-state index contributed by atoms with van der Waals surface area (Å²) in [6.07, 6.45) is 0.526. The molecule has 0 aliphatic carbocycles. The molecular weight excluding hydrogens is 362 g/mol. The number of nitrogens with two attached hydrogens (primary N) is 1. The van der Waals surface area contributed by atoms with E-state index in [9.17, 15) is 0 Å². The second-order valence-corrected chi connectivity index (χ2v) is 6.22. The Balaban J connectivity index is 1.85. The van der Waals surface area contributed by atoms with Crippen LogP contribution in [0.4, 0.5) is 5.95 Å². The molecule has 2 aromatic carbocycles. The molecule has 0 bridgehead atoms. The molecule has 0 radical (unpaired) electrons. The first-order valence-corrected chi connectivity index (χ1v) is 8.78. The van der Waals surface area contributed by atoms with E-state index in [2.05, 4.69) is 9.97 Å². The van der Waals surface area contributed by atoms with Crippen LogP contribution in [0.15, 0.2) is 24.3 Å². The number of nitrogens with zero attached hydrogens (tertiary/aromatic N) is 2. The standard InChI is InChI=1S/C20H21N3O5/c1-24-16-10-12-13(8-11-4-5-14-15(9-11)28-7-6-27-14)22-20(21)23-17(12)19(26-3)18(16)25-2/h4-5,9-10H,6-8H2,1-3H3,(H2,21,22,23). The van der Waals surface area contributed by atoms with E-state index in [1.165, 1.54) is 0 Å². The van der Waals surface area contributed by atoms with Crippen LogP contribution in [0.25, 0.3) is 10.9 Å². The third-order valence-electron chi connectivity index (χ3n) is 4.57. The summed E-state index contributed by atoms with van der Waals surface area (Å²) >= 11 is 0. The number of methoxy groups -OCH3 is 3. The van der Waals surface area contributed by atoms with Gasteiger partial charge in [0.15, 0.2) is 23.0 Å². The molecule has 2 heterocycles. The Morgan fingerprint density at radius 2 is 1.68 bits per heavy atom. The molecule has 4 rings (SSSR count). The summed E-state index contributed by atoms with van der Waals surface area (Å²) < 4.78 is 27.7. The van der Waals surface area contributed by atoms with E-state index >= 15 is 0 Å². The monoisotopic (exact) mass is 383 g/mol. The van der Waals surface area contributed by atoms with Gasteiger partial charge in [0.05, 0.1) is 27.0 Å². The zero-order valence-electron chi connectivity index (χ0n) is 15.9. The molecule has 2 N–H and O–H groups in total. The average molecular weight is 383 g/mol. The van der Waals surface area contributed by atoms with Gasteiger partial charge in [-0.15, -0.1) is 0 Å². The third kappa shape index (κ3) is 3.06. The molecule has 0 spiro atoms. The van der Waals surface area contributed by atoms with E-state index in [1.54, 1.807) is 21.3 Å². The smallest absolute Gasteiger partial charge is 0.220 e. The minimum atomic E-state index is 0.158. The first-order valence-electron chi connectivity index (χ1n) is 8.78. The number of rotatable bonds is 5. The Morgan fingerprint density at radius 3 is 2.39 bits per heavy atom. The fraction of sp³-hybridized carbons (Fsp3) is 0.300. The van der Waals surface area contributed by atoms with Crippen LogP contribution in [-0.4, -0.2) is 44.5 Å². The topological polar surface area (TPSA) is 98.0 Å². The fourth-order valence-corrected chi connectivity index (χ4v) is 3.34. The number of hydrogen-bond donors (Lipinski definition) is 1. The van der Waals surface area contributed by atoms with Crippen LogP contribution in [0.2, 0.25) is 0 Å². The molecule has 8 nitrogen and oxygen atoms in total. The normalized spacial score (nSPS) is 12.7. The van der Waals surface area contributed by atoms with E-state index in [4.69, 9.17) is 29.4 Å². The maximum Gasteiger partial charge on any atom is 0.220 e. The minimum absolute atomic E-state index is 0.158. The molecule has 0 saturated heterocycles. The summed E-state index contributed by atoms with van der Waals surface area (Å²) in [6.45, 7) is 1.09. The highest BCUT2D eigenvalue weighted by Gasteiger charge is 2.21. The van der Waals surface area contributed by atoms with Crippen LogP contribution in [0, 0.1) is 0 Å². The van der Waals surface area contributed by atoms with Gasteiger partial charge in [0, 0.05) is 11.8 Å². The number of nitrogen functional groups attached to an aromatic ring is 1. The van der Waals surface area contributed by atoms with Crippen molar-refractivity contribution in [3.05, 3.63) is 35.5 Å². The predicted molar refractivity (Wildman–Crippen MR) is 104 cm³/mol. The van der Waals surface area contributed by atoms with Crippen LogP contribution in [-0.2, 0) is 6.42 Å². The van der Waals surface area contributed by atoms with Gasteiger partial charge in [0.1, 0.15) is 18.7 Å². The average Bonchev–Trinajstić information content (AvgIpc) is 2.72. The highest BCUT2D eigenvalue weighted by atomic mass is 16.6. The molecule has 0 amide bonds. The third-order valence-corrected chi connectivity index (χ3v) is 4.57. The van der Waals surface area contributed by atoms with Crippen molar-refractivity contribution >= 4 is 16.9 Å². The number of aromatic nitrogens is 2. The predicted octanol–water partition coefficient (Wildman–Crippen LogP) is 2.60. The van der Waals surface area contributed by atoms with Crippen LogP contribution in [0.1, 0.15) is 11.3 Å². The molecule has 28 heavy (non-hydrogen) atoms. The van der Waals surface area contributed by atoms with Crippen molar-refractivity contribution in [1.29, 1.82) is 0 Å². The summed E-state index contributed by atoms with van der Waals surface area (Å²) in [6, 6.07) is 7.68. The Hall–Kier alpha value is -3.42. The fourth-order valence-electron chi connectivity index (χ4n) is 3.34. The van der Waals surface area contributed by atoms with Gasteiger partial charge in [-0.2, -0.15) is 0 Å². The molecule has 1 aromatic heterocycles. The Morgan fingerprint density at radius 1 is 0.929 bits per heavy atom. The van der Waals surface area contributed by atoms with Crippen molar-refractivity contribution in [1.82, 2.24) is 9.97 Å². The molecule has 0 saturated carbocycles. The minimum Gasteiger partial charge on any atom is -0.493 e. The van der Waals surface area contributed by atoms with Crippen molar-refractivity contribution in [2.45, 2.75) is 6.42 Å². The molecule has 8 heteroatoms. The summed E-state index contributed by atoms with van der Waals surface area (Å²) in [5, 5.41) is 0.776. The van der Waals surface area contributed by atoms with Crippen molar-refractivity contribution in [2.75, 3.05) is 40.3 Å².